The van der Waals surface area contributed by atoms with E-state index in [0.717, 1.165) is 37.2 Å². The molecule has 4 nitrogen and oxygen atoms in total. The van der Waals surface area contributed by atoms with E-state index in [9.17, 15) is 4.79 Å². The van der Waals surface area contributed by atoms with E-state index in [4.69, 9.17) is 4.74 Å². The van der Waals surface area contributed by atoms with Crippen molar-refractivity contribution in [1.29, 1.82) is 0 Å². The van der Waals surface area contributed by atoms with Gasteiger partial charge in [0.05, 0.1) is 12.5 Å². The summed E-state index contributed by atoms with van der Waals surface area (Å²) in [5, 5.41) is 3.19. The summed E-state index contributed by atoms with van der Waals surface area (Å²) in [6, 6.07) is 14.0. The number of carbonyl (C=O) groups is 1. The lowest BCUT2D eigenvalue weighted by atomic mass is 9.94. The lowest BCUT2D eigenvalue weighted by Crippen LogP contribution is -2.31. The van der Waals surface area contributed by atoms with Crippen LogP contribution in [0.25, 0.3) is 0 Å². The Balaban J connectivity index is 1.66. The number of pyridine rings is 1. The highest BCUT2D eigenvalue weighted by Crippen LogP contribution is 2.26. The van der Waals surface area contributed by atoms with Gasteiger partial charge >= 0.3 is 0 Å². The van der Waals surface area contributed by atoms with Crippen LogP contribution < -0.4 is 5.32 Å². The minimum absolute atomic E-state index is 0.0331. The fraction of sp³-hybridized carbons (Fsp3) is 0.368. The zero-order valence-electron chi connectivity index (χ0n) is 13.2. The van der Waals surface area contributed by atoms with Crippen LogP contribution in [0.4, 0.5) is 0 Å². The van der Waals surface area contributed by atoms with Crippen LogP contribution in [-0.2, 0) is 16.0 Å². The fourth-order valence-electron chi connectivity index (χ4n) is 3.00. The van der Waals surface area contributed by atoms with Crippen LogP contribution in [0.3, 0.4) is 0 Å². The molecule has 0 bridgehead atoms. The molecule has 0 spiro atoms. The first kappa shape index (κ1) is 15.7. The first-order chi connectivity index (χ1) is 11.3. The molecule has 0 saturated carbocycles. The van der Waals surface area contributed by atoms with Crippen molar-refractivity contribution < 1.29 is 9.53 Å². The van der Waals surface area contributed by atoms with Crippen LogP contribution in [0.1, 0.15) is 30.0 Å². The highest BCUT2D eigenvalue weighted by atomic mass is 16.5. The second-order valence-electron chi connectivity index (χ2n) is 6.03. The molecule has 1 N–H and O–H groups in total. The molecule has 4 heteroatoms. The average molecular weight is 310 g/mol. The third kappa shape index (κ3) is 4.63. The second-order valence-corrected chi connectivity index (χ2v) is 6.03. The SMILES string of the molecule is O=C(Cc1cccnc1)NC(CC1CCOC1)c1ccccc1. The summed E-state index contributed by atoms with van der Waals surface area (Å²) in [7, 11) is 0. The summed E-state index contributed by atoms with van der Waals surface area (Å²) >= 11 is 0. The molecule has 120 valence electrons. The van der Waals surface area contributed by atoms with Crippen molar-refractivity contribution in [3.8, 4) is 0 Å². The molecule has 2 unspecified atom stereocenters. The van der Waals surface area contributed by atoms with Crippen molar-refractivity contribution in [1.82, 2.24) is 10.3 Å². The molecule has 23 heavy (non-hydrogen) atoms. The van der Waals surface area contributed by atoms with E-state index < -0.39 is 0 Å². The number of hydrogen-bond donors (Lipinski definition) is 1. The van der Waals surface area contributed by atoms with Crippen molar-refractivity contribution in [3.05, 3.63) is 66.0 Å². The van der Waals surface area contributed by atoms with Gasteiger partial charge in [-0.15, -0.1) is 0 Å². The van der Waals surface area contributed by atoms with Crippen molar-refractivity contribution in [3.63, 3.8) is 0 Å². The lowest BCUT2D eigenvalue weighted by molar-refractivity contribution is -0.121. The maximum Gasteiger partial charge on any atom is 0.224 e. The van der Waals surface area contributed by atoms with Crippen LogP contribution >= 0.6 is 0 Å². The van der Waals surface area contributed by atoms with Crippen LogP contribution in [-0.4, -0.2) is 24.1 Å². The Kier molecular flexibility index (Phi) is 5.37. The molecule has 3 rings (SSSR count). The first-order valence-electron chi connectivity index (χ1n) is 8.12. The molecule has 1 amide bonds. The Labute approximate surface area is 136 Å². The van der Waals surface area contributed by atoms with Crippen LogP contribution in [0.2, 0.25) is 0 Å². The van der Waals surface area contributed by atoms with Crippen molar-refractivity contribution >= 4 is 5.91 Å². The van der Waals surface area contributed by atoms with Crippen LogP contribution in [0.15, 0.2) is 54.9 Å². The normalized spacial score (nSPS) is 18.5. The minimum atomic E-state index is 0.0331. The number of carbonyl (C=O) groups excluding carboxylic acids is 1. The summed E-state index contributed by atoms with van der Waals surface area (Å²) in [6.07, 6.45) is 5.80. The highest BCUT2D eigenvalue weighted by Gasteiger charge is 2.23. The van der Waals surface area contributed by atoms with Crippen LogP contribution in [0.5, 0.6) is 0 Å². The standard InChI is InChI=1S/C19H22N2O2/c22-19(12-15-5-4-9-20-13-15)21-18(11-16-8-10-23-14-16)17-6-2-1-3-7-17/h1-7,9,13,16,18H,8,10-12,14H2,(H,21,22). The van der Waals surface area contributed by atoms with Crippen LogP contribution in [0, 0.1) is 5.92 Å². The summed E-state index contributed by atoms with van der Waals surface area (Å²) in [5.74, 6) is 0.546. The molecule has 1 aromatic heterocycles. The van der Waals surface area contributed by atoms with Gasteiger partial charge in [0.2, 0.25) is 5.91 Å². The molecular weight excluding hydrogens is 288 g/mol. The molecule has 1 fully saturated rings. The molecule has 2 heterocycles. The van der Waals surface area contributed by atoms with E-state index in [-0.39, 0.29) is 11.9 Å². The van der Waals surface area contributed by atoms with Gasteiger partial charge in [-0.25, -0.2) is 0 Å². The average Bonchev–Trinajstić information content (AvgIpc) is 3.09. The third-order valence-electron chi connectivity index (χ3n) is 4.22. The van der Waals surface area contributed by atoms with Gasteiger partial charge in [-0.3, -0.25) is 9.78 Å². The smallest absolute Gasteiger partial charge is 0.224 e. The fourth-order valence-corrected chi connectivity index (χ4v) is 3.00. The Morgan fingerprint density at radius 1 is 1.26 bits per heavy atom. The summed E-state index contributed by atoms with van der Waals surface area (Å²) in [4.78, 5) is 16.5. The largest absolute Gasteiger partial charge is 0.381 e. The molecule has 1 saturated heterocycles. The molecule has 0 aliphatic carbocycles. The summed E-state index contributed by atoms with van der Waals surface area (Å²) < 4.78 is 5.47. The number of benzene rings is 1. The molecule has 2 atom stereocenters. The number of nitrogens with zero attached hydrogens (tertiary/aromatic N) is 1. The van der Waals surface area contributed by atoms with Gasteiger partial charge < -0.3 is 10.1 Å². The second kappa shape index (κ2) is 7.88. The zero-order valence-corrected chi connectivity index (χ0v) is 13.2. The third-order valence-corrected chi connectivity index (χ3v) is 4.22. The van der Waals surface area contributed by atoms with Gasteiger partial charge in [0.15, 0.2) is 0 Å². The molecular formula is C19H22N2O2. The number of hydrogen-bond acceptors (Lipinski definition) is 3. The monoisotopic (exact) mass is 310 g/mol. The number of ether oxygens (including phenoxy) is 1. The predicted molar refractivity (Wildman–Crippen MR) is 88.8 cm³/mol. The van der Waals surface area contributed by atoms with Gasteiger partial charge in [0.25, 0.3) is 0 Å². The van der Waals surface area contributed by atoms with Gasteiger partial charge in [-0.1, -0.05) is 36.4 Å². The number of nitrogens with one attached hydrogen (secondary N) is 1. The molecule has 0 radical (unpaired) electrons. The highest BCUT2D eigenvalue weighted by molar-refractivity contribution is 5.78. The topological polar surface area (TPSA) is 51.2 Å². The minimum Gasteiger partial charge on any atom is -0.381 e. The quantitative estimate of drug-likeness (QED) is 0.892. The molecule has 1 aliphatic heterocycles. The van der Waals surface area contributed by atoms with E-state index in [1.54, 1.807) is 12.4 Å². The molecule has 1 aromatic carbocycles. The van der Waals surface area contributed by atoms with Crippen molar-refractivity contribution in [2.24, 2.45) is 5.92 Å². The van der Waals surface area contributed by atoms with Gasteiger partial charge in [-0.05, 0) is 36.0 Å². The van der Waals surface area contributed by atoms with Gasteiger partial charge in [0, 0.05) is 25.6 Å². The Morgan fingerprint density at radius 3 is 2.83 bits per heavy atom. The Hall–Kier alpha value is -2.20. The summed E-state index contributed by atoms with van der Waals surface area (Å²) in [6.45, 7) is 1.62. The van der Waals surface area contributed by atoms with E-state index in [0.29, 0.717) is 12.3 Å². The molecule has 1 aliphatic rings. The van der Waals surface area contributed by atoms with E-state index in [1.807, 2.05) is 30.3 Å². The van der Waals surface area contributed by atoms with E-state index >= 15 is 0 Å². The van der Waals surface area contributed by atoms with Crippen molar-refractivity contribution in [2.75, 3.05) is 13.2 Å². The number of rotatable bonds is 6. The van der Waals surface area contributed by atoms with Crippen molar-refractivity contribution in [2.45, 2.75) is 25.3 Å². The van der Waals surface area contributed by atoms with Gasteiger partial charge in [-0.2, -0.15) is 0 Å². The maximum absolute atomic E-state index is 12.4. The summed E-state index contributed by atoms with van der Waals surface area (Å²) in [5.41, 5.74) is 2.08. The first-order valence-corrected chi connectivity index (χ1v) is 8.12. The molecule has 2 aromatic rings. The Bertz CT molecular complexity index is 610. The maximum atomic E-state index is 12.4. The predicted octanol–water partition coefficient (Wildman–Crippen LogP) is 2.91. The van der Waals surface area contributed by atoms with E-state index in [1.165, 1.54) is 0 Å². The lowest BCUT2D eigenvalue weighted by Gasteiger charge is -2.22. The zero-order chi connectivity index (χ0) is 15.9. The number of aromatic nitrogens is 1. The number of amides is 1. The van der Waals surface area contributed by atoms with Gasteiger partial charge in [0.1, 0.15) is 0 Å². The Morgan fingerprint density at radius 2 is 2.13 bits per heavy atom. The van der Waals surface area contributed by atoms with E-state index in [2.05, 4.69) is 22.4 Å².